The Labute approximate surface area is 111 Å². The lowest BCUT2D eigenvalue weighted by atomic mass is 10.3. The number of thiophene rings is 1. The normalized spacial score (nSPS) is 12.7. The maximum atomic E-state index is 11.5. The molecule has 98 valence electrons. The molecule has 0 fully saturated rings. The fourth-order valence-corrected chi connectivity index (χ4v) is 1.83. The van der Waals surface area contributed by atoms with Gasteiger partial charge in [-0.05, 0) is 49.2 Å². The summed E-state index contributed by atoms with van der Waals surface area (Å²) in [6.07, 6.45) is 2.19. The highest BCUT2D eigenvalue weighted by Crippen LogP contribution is 2.07. The maximum absolute atomic E-state index is 11.5. The van der Waals surface area contributed by atoms with Crippen molar-refractivity contribution in [3.05, 3.63) is 28.5 Å². The standard InChI is InChI=1S/C13H17NO3S/c1-9(2)14-13(16)10(3)17-12(15)5-4-11-6-7-18-8-11/h4-10H,1-3H3,(H,14,16)/b5-4+/t10-/m1/s1. The fraction of sp³-hybridized carbons (Fsp3) is 0.385. The molecule has 1 heterocycles. The molecule has 0 unspecified atom stereocenters. The number of hydrogen-bond donors (Lipinski definition) is 1. The van der Waals surface area contributed by atoms with Crippen LogP contribution >= 0.6 is 11.3 Å². The van der Waals surface area contributed by atoms with Gasteiger partial charge in [0, 0.05) is 12.1 Å². The number of esters is 1. The topological polar surface area (TPSA) is 55.4 Å². The summed E-state index contributed by atoms with van der Waals surface area (Å²) in [4.78, 5) is 23.0. The molecule has 0 saturated carbocycles. The molecule has 1 aromatic heterocycles. The molecule has 1 atom stereocenters. The van der Waals surface area contributed by atoms with Gasteiger partial charge >= 0.3 is 5.97 Å². The minimum absolute atomic E-state index is 0.0278. The third-order valence-electron chi connectivity index (χ3n) is 2.05. The average Bonchev–Trinajstić information content (AvgIpc) is 2.78. The Bertz CT molecular complexity index is 423. The van der Waals surface area contributed by atoms with Gasteiger partial charge in [-0.25, -0.2) is 4.79 Å². The van der Waals surface area contributed by atoms with Crippen molar-refractivity contribution in [3.8, 4) is 0 Å². The van der Waals surface area contributed by atoms with Gasteiger partial charge in [0.15, 0.2) is 6.10 Å². The minimum Gasteiger partial charge on any atom is -0.449 e. The highest BCUT2D eigenvalue weighted by atomic mass is 32.1. The number of carbonyl (C=O) groups excluding carboxylic acids is 2. The zero-order valence-corrected chi connectivity index (χ0v) is 11.5. The summed E-state index contributed by atoms with van der Waals surface area (Å²) in [6, 6.07) is 1.92. The molecule has 0 aliphatic carbocycles. The quantitative estimate of drug-likeness (QED) is 0.657. The van der Waals surface area contributed by atoms with Crippen molar-refractivity contribution in [3.63, 3.8) is 0 Å². The van der Waals surface area contributed by atoms with E-state index >= 15 is 0 Å². The second-order valence-electron chi connectivity index (χ2n) is 4.13. The predicted octanol–water partition coefficient (Wildman–Crippen LogP) is 2.22. The van der Waals surface area contributed by atoms with Crippen LogP contribution in [-0.4, -0.2) is 24.0 Å². The van der Waals surface area contributed by atoms with Gasteiger partial charge < -0.3 is 10.1 Å². The van der Waals surface area contributed by atoms with E-state index in [0.717, 1.165) is 5.56 Å². The van der Waals surface area contributed by atoms with E-state index in [2.05, 4.69) is 5.32 Å². The lowest BCUT2D eigenvalue weighted by Crippen LogP contribution is -2.39. The van der Waals surface area contributed by atoms with Gasteiger partial charge in [-0.3, -0.25) is 4.79 Å². The maximum Gasteiger partial charge on any atom is 0.331 e. The summed E-state index contributed by atoms with van der Waals surface area (Å²) in [5.41, 5.74) is 0.941. The summed E-state index contributed by atoms with van der Waals surface area (Å²) in [5, 5.41) is 6.51. The monoisotopic (exact) mass is 267 g/mol. The van der Waals surface area contributed by atoms with E-state index in [4.69, 9.17) is 4.74 Å². The first-order chi connectivity index (χ1) is 8.49. The largest absolute Gasteiger partial charge is 0.449 e. The van der Waals surface area contributed by atoms with Gasteiger partial charge in [0.2, 0.25) is 0 Å². The predicted molar refractivity (Wildman–Crippen MR) is 72.2 cm³/mol. The Morgan fingerprint density at radius 3 is 2.67 bits per heavy atom. The molecule has 5 heteroatoms. The smallest absolute Gasteiger partial charge is 0.331 e. The van der Waals surface area contributed by atoms with Crippen LogP contribution in [0.15, 0.2) is 22.9 Å². The first kappa shape index (κ1) is 14.4. The van der Waals surface area contributed by atoms with E-state index in [0.29, 0.717) is 0 Å². The first-order valence-electron chi connectivity index (χ1n) is 5.70. The van der Waals surface area contributed by atoms with Crippen LogP contribution in [0, 0.1) is 0 Å². The van der Waals surface area contributed by atoms with Gasteiger partial charge in [0.05, 0.1) is 0 Å². The van der Waals surface area contributed by atoms with Crippen molar-refractivity contribution in [1.29, 1.82) is 0 Å². The van der Waals surface area contributed by atoms with E-state index < -0.39 is 12.1 Å². The molecule has 0 aliphatic heterocycles. The SMILES string of the molecule is CC(C)NC(=O)[C@@H](C)OC(=O)/C=C/c1ccsc1. The highest BCUT2D eigenvalue weighted by Gasteiger charge is 2.16. The van der Waals surface area contributed by atoms with Crippen LogP contribution in [0.5, 0.6) is 0 Å². The Balaban J connectivity index is 2.42. The lowest BCUT2D eigenvalue weighted by molar-refractivity contribution is -0.150. The zero-order chi connectivity index (χ0) is 13.5. The molecule has 0 bridgehead atoms. The molecule has 0 radical (unpaired) electrons. The van der Waals surface area contributed by atoms with Crippen LogP contribution < -0.4 is 5.32 Å². The molecular weight excluding hydrogens is 250 g/mol. The van der Waals surface area contributed by atoms with Crippen LogP contribution in [0.2, 0.25) is 0 Å². The fourth-order valence-electron chi connectivity index (χ4n) is 1.20. The molecule has 1 amide bonds. The number of amides is 1. The van der Waals surface area contributed by atoms with Crippen molar-refractivity contribution in [2.45, 2.75) is 32.9 Å². The van der Waals surface area contributed by atoms with Gasteiger partial charge in [-0.15, -0.1) is 0 Å². The Kier molecular flexibility index (Phi) is 5.58. The second kappa shape index (κ2) is 6.96. The summed E-state index contributed by atoms with van der Waals surface area (Å²) in [5.74, 6) is -0.810. The third kappa shape index (κ3) is 5.14. The van der Waals surface area contributed by atoms with Crippen molar-refractivity contribution in [1.82, 2.24) is 5.32 Å². The Morgan fingerprint density at radius 2 is 2.11 bits per heavy atom. The van der Waals surface area contributed by atoms with Gasteiger partial charge in [0.1, 0.15) is 0 Å². The van der Waals surface area contributed by atoms with E-state index in [9.17, 15) is 9.59 Å². The van der Waals surface area contributed by atoms with Crippen LogP contribution in [0.4, 0.5) is 0 Å². The summed E-state index contributed by atoms with van der Waals surface area (Å²) in [6.45, 7) is 5.25. The molecule has 0 aromatic carbocycles. The lowest BCUT2D eigenvalue weighted by Gasteiger charge is -2.14. The number of ether oxygens (including phenoxy) is 1. The van der Waals surface area contributed by atoms with Crippen LogP contribution in [0.3, 0.4) is 0 Å². The second-order valence-corrected chi connectivity index (χ2v) is 4.91. The van der Waals surface area contributed by atoms with E-state index in [1.165, 1.54) is 6.08 Å². The molecule has 0 aliphatic rings. The summed E-state index contributed by atoms with van der Waals surface area (Å²) < 4.78 is 4.98. The number of rotatable bonds is 5. The molecule has 1 N–H and O–H groups in total. The highest BCUT2D eigenvalue weighted by molar-refractivity contribution is 7.08. The summed E-state index contributed by atoms with van der Waals surface area (Å²) >= 11 is 1.55. The van der Waals surface area contributed by atoms with E-state index in [-0.39, 0.29) is 11.9 Å². The third-order valence-corrected chi connectivity index (χ3v) is 2.75. The van der Waals surface area contributed by atoms with Crippen molar-refractivity contribution >= 4 is 29.3 Å². The molecule has 0 saturated heterocycles. The number of carbonyl (C=O) groups is 2. The number of nitrogens with one attached hydrogen (secondary N) is 1. The molecule has 0 spiro atoms. The van der Waals surface area contributed by atoms with Gasteiger partial charge in [0.25, 0.3) is 5.91 Å². The van der Waals surface area contributed by atoms with Crippen molar-refractivity contribution in [2.75, 3.05) is 0 Å². The Hall–Kier alpha value is -1.62. The first-order valence-corrected chi connectivity index (χ1v) is 6.64. The summed E-state index contributed by atoms with van der Waals surface area (Å²) in [7, 11) is 0. The van der Waals surface area contributed by atoms with E-state index in [1.54, 1.807) is 24.3 Å². The molecule has 1 rings (SSSR count). The van der Waals surface area contributed by atoms with Gasteiger partial charge in [-0.2, -0.15) is 11.3 Å². The average molecular weight is 267 g/mol. The molecule has 1 aromatic rings. The molecular formula is C13H17NO3S. The van der Waals surface area contributed by atoms with Gasteiger partial charge in [-0.1, -0.05) is 0 Å². The van der Waals surface area contributed by atoms with E-state index in [1.807, 2.05) is 30.7 Å². The van der Waals surface area contributed by atoms with Crippen LogP contribution in [0.1, 0.15) is 26.3 Å². The zero-order valence-electron chi connectivity index (χ0n) is 10.7. The molecule has 4 nitrogen and oxygen atoms in total. The van der Waals surface area contributed by atoms with Crippen molar-refractivity contribution in [2.24, 2.45) is 0 Å². The van der Waals surface area contributed by atoms with Crippen LogP contribution in [-0.2, 0) is 14.3 Å². The Morgan fingerprint density at radius 1 is 1.39 bits per heavy atom. The van der Waals surface area contributed by atoms with Crippen LogP contribution in [0.25, 0.3) is 6.08 Å². The molecule has 18 heavy (non-hydrogen) atoms. The minimum atomic E-state index is -0.785. The number of hydrogen-bond acceptors (Lipinski definition) is 4. The van der Waals surface area contributed by atoms with Crippen molar-refractivity contribution < 1.29 is 14.3 Å².